The molecule has 0 aliphatic carbocycles. The number of benzene rings is 1. The van der Waals surface area contributed by atoms with E-state index in [1.807, 2.05) is 37.4 Å². The zero-order chi connectivity index (χ0) is 14.1. The number of para-hydroxylation sites is 1. The second-order valence-electron chi connectivity index (χ2n) is 4.30. The first-order valence-corrected chi connectivity index (χ1v) is 6.43. The van der Waals surface area contributed by atoms with Gasteiger partial charge in [0.1, 0.15) is 0 Å². The molecule has 19 heavy (non-hydrogen) atoms. The van der Waals surface area contributed by atoms with Crippen LogP contribution < -0.4 is 16.0 Å². The summed E-state index contributed by atoms with van der Waals surface area (Å²) < 4.78 is 0. The molecule has 0 aliphatic heterocycles. The predicted molar refractivity (Wildman–Crippen MR) is 75.8 cm³/mol. The molecule has 0 aliphatic rings. The van der Waals surface area contributed by atoms with Crippen LogP contribution in [0.5, 0.6) is 0 Å². The van der Waals surface area contributed by atoms with Crippen LogP contribution in [0.2, 0.25) is 0 Å². The van der Waals surface area contributed by atoms with Crippen LogP contribution in [0.15, 0.2) is 30.3 Å². The van der Waals surface area contributed by atoms with E-state index >= 15 is 0 Å². The summed E-state index contributed by atoms with van der Waals surface area (Å²) in [5.74, 6) is -0.383. The van der Waals surface area contributed by atoms with Crippen LogP contribution in [0.1, 0.15) is 19.3 Å². The summed E-state index contributed by atoms with van der Waals surface area (Å²) >= 11 is 0. The number of rotatable bonds is 8. The van der Waals surface area contributed by atoms with Gasteiger partial charge < -0.3 is 16.0 Å². The largest absolute Gasteiger partial charge is 0.370 e. The van der Waals surface area contributed by atoms with Crippen LogP contribution in [0, 0.1) is 0 Å². The minimum Gasteiger partial charge on any atom is -0.370 e. The molecule has 0 radical (unpaired) electrons. The highest BCUT2D eigenvalue weighted by Gasteiger charge is 2.15. The molecular weight excluding hydrogens is 242 g/mol. The van der Waals surface area contributed by atoms with Gasteiger partial charge in [-0.25, -0.2) is 0 Å². The average molecular weight is 263 g/mol. The van der Waals surface area contributed by atoms with Crippen LogP contribution >= 0.6 is 0 Å². The molecule has 2 amide bonds. The van der Waals surface area contributed by atoms with Gasteiger partial charge in [0, 0.05) is 25.1 Å². The van der Waals surface area contributed by atoms with Crippen molar-refractivity contribution < 1.29 is 9.59 Å². The van der Waals surface area contributed by atoms with E-state index in [1.165, 1.54) is 0 Å². The molecule has 1 rings (SSSR count). The first-order chi connectivity index (χ1) is 9.15. The number of carbonyl (C=O) groups is 2. The number of hydrogen-bond donors (Lipinski definition) is 2. The maximum absolute atomic E-state index is 12.2. The topological polar surface area (TPSA) is 75.4 Å². The van der Waals surface area contributed by atoms with Crippen LogP contribution in [0.4, 0.5) is 5.69 Å². The maximum atomic E-state index is 12.2. The van der Waals surface area contributed by atoms with Crippen molar-refractivity contribution in [3.63, 3.8) is 0 Å². The van der Waals surface area contributed by atoms with Crippen molar-refractivity contribution in [2.24, 2.45) is 5.73 Å². The average Bonchev–Trinajstić information content (AvgIpc) is 2.40. The minimum absolute atomic E-state index is 0.0164. The Morgan fingerprint density at radius 3 is 2.47 bits per heavy atom. The van der Waals surface area contributed by atoms with Gasteiger partial charge in [-0.15, -0.1) is 0 Å². The predicted octanol–water partition coefficient (Wildman–Crippen LogP) is 0.895. The fraction of sp³-hybridized carbons (Fsp3) is 0.429. The third-order valence-electron chi connectivity index (χ3n) is 2.77. The monoisotopic (exact) mass is 263 g/mol. The number of nitrogens with two attached hydrogens (primary N) is 1. The van der Waals surface area contributed by atoms with Crippen molar-refractivity contribution in [2.45, 2.75) is 19.3 Å². The third-order valence-corrected chi connectivity index (χ3v) is 2.77. The quantitative estimate of drug-likeness (QED) is 0.684. The second-order valence-corrected chi connectivity index (χ2v) is 4.30. The van der Waals surface area contributed by atoms with Gasteiger partial charge >= 0.3 is 0 Å². The van der Waals surface area contributed by atoms with Gasteiger partial charge in [0.2, 0.25) is 11.8 Å². The molecule has 5 nitrogen and oxygen atoms in total. The molecule has 3 N–H and O–H groups in total. The van der Waals surface area contributed by atoms with Crippen LogP contribution in [0.25, 0.3) is 0 Å². The van der Waals surface area contributed by atoms with Gasteiger partial charge in [0.15, 0.2) is 0 Å². The standard InChI is InChI=1S/C14H21N3O2/c1-16-10-5-8-14(19)17(11-9-13(15)18)12-6-3-2-4-7-12/h2-4,6-7,16H,5,8-11H2,1H3,(H2,15,18). The van der Waals surface area contributed by atoms with E-state index in [4.69, 9.17) is 5.73 Å². The van der Waals surface area contributed by atoms with Gasteiger partial charge in [-0.2, -0.15) is 0 Å². The highest BCUT2D eigenvalue weighted by atomic mass is 16.2. The van der Waals surface area contributed by atoms with E-state index in [9.17, 15) is 9.59 Å². The minimum atomic E-state index is -0.399. The van der Waals surface area contributed by atoms with Crippen LogP contribution in [-0.4, -0.2) is 32.0 Å². The normalized spacial score (nSPS) is 10.2. The van der Waals surface area contributed by atoms with Gasteiger partial charge in [-0.1, -0.05) is 18.2 Å². The number of hydrogen-bond acceptors (Lipinski definition) is 3. The second kappa shape index (κ2) is 8.26. The number of anilines is 1. The Hall–Kier alpha value is -1.88. The number of nitrogens with zero attached hydrogens (tertiary/aromatic N) is 1. The van der Waals surface area contributed by atoms with Crippen molar-refractivity contribution in [2.75, 3.05) is 25.0 Å². The molecule has 1 aromatic rings. The lowest BCUT2D eigenvalue weighted by atomic mass is 10.2. The lowest BCUT2D eigenvalue weighted by Gasteiger charge is -2.22. The highest BCUT2D eigenvalue weighted by Crippen LogP contribution is 2.15. The molecule has 1 aromatic carbocycles. The van der Waals surface area contributed by atoms with Gasteiger partial charge in [0.05, 0.1) is 0 Å². The van der Waals surface area contributed by atoms with Gasteiger partial charge in [0.25, 0.3) is 0 Å². The summed E-state index contributed by atoms with van der Waals surface area (Å²) in [6.45, 7) is 1.13. The molecule has 0 bridgehead atoms. The lowest BCUT2D eigenvalue weighted by Crippen LogP contribution is -2.34. The van der Waals surface area contributed by atoms with E-state index in [1.54, 1.807) is 4.90 Å². The van der Waals surface area contributed by atoms with Gasteiger partial charge in [-0.05, 0) is 32.1 Å². The van der Waals surface area contributed by atoms with E-state index in [2.05, 4.69) is 5.32 Å². The molecule has 0 unspecified atom stereocenters. The molecule has 0 heterocycles. The summed E-state index contributed by atoms with van der Waals surface area (Å²) in [5.41, 5.74) is 5.96. The van der Waals surface area contributed by atoms with Crippen LogP contribution in [-0.2, 0) is 9.59 Å². The van der Waals surface area contributed by atoms with E-state index < -0.39 is 5.91 Å². The Balaban J connectivity index is 2.69. The Bertz CT molecular complexity index is 406. The van der Waals surface area contributed by atoms with E-state index in [0.29, 0.717) is 13.0 Å². The molecule has 0 fully saturated rings. The maximum Gasteiger partial charge on any atom is 0.227 e. The number of nitrogens with one attached hydrogen (secondary N) is 1. The van der Waals surface area contributed by atoms with Crippen molar-refractivity contribution in [1.29, 1.82) is 0 Å². The highest BCUT2D eigenvalue weighted by molar-refractivity contribution is 5.93. The Morgan fingerprint density at radius 1 is 1.21 bits per heavy atom. The smallest absolute Gasteiger partial charge is 0.227 e. The number of amides is 2. The Morgan fingerprint density at radius 2 is 1.89 bits per heavy atom. The Labute approximate surface area is 113 Å². The fourth-order valence-corrected chi connectivity index (χ4v) is 1.78. The van der Waals surface area contributed by atoms with Gasteiger partial charge in [-0.3, -0.25) is 9.59 Å². The summed E-state index contributed by atoms with van der Waals surface area (Å²) in [6.07, 6.45) is 1.40. The third kappa shape index (κ3) is 5.52. The number of primary amides is 1. The fourth-order valence-electron chi connectivity index (χ4n) is 1.78. The summed E-state index contributed by atoms with van der Waals surface area (Å²) in [5, 5.41) is 3.01. The van der Waals surface area contributed by atoms with Crippen molar-refractivity contribution >= 4 is 17.5 Å². The molecule has 0 saturated heterocycles. The molecule has 0 saturated carbocycles. The molecule has 0 spiro atoms. The molecular formula is C14H21N3O2. The lowest BCUT2D eigenvalue weighted by molar-refractivity contribution is -0.119. The Kier molecular flexibility index (Phi) is 6.60. The molecule has 0 atom stereocenters. The van der Waals surface area contributed by atoms with Crippen molar-refractivity contribution in [3.05, 3.63) is 30.3 Å². The first-order valence-electron chi connectivity index (χ1n) is 6.43. The summed E-state index contributed by atoms with van der Waals surface area (Å²) in [6, 6.07) is 9.34. The van der Waals surface area contributed by atoms with E-state index in [-0.39, 0.29) is 12.3 Å². The summed E-state index contributed by atoms with van der Waals surface area (Å²) in [7, 11) is 1.85. The molecule has 104 valence electrons. The molecule has 5 heteroatoms. The SMILES string of the molecule is CNCCCC(=O)N(CCC(N)=O)c1ccccc1. The zero-order valence-electron chi connectivity index (χ0n) is 11.3. The van der Waals surface area contributed by atoms with Crippen molar-refractivity contribution in [3.8, 4) is 0 Å². The van der Waals surface area contributed by atoms with E-state index in [0.717, 1.165) is 18.7 Å². The van der Waals surface area contributed by atoms with Crippen LogP contribution in [0.3, 0.4) is 0 Å². The molecule has 0 aromatic heterocycles. The zero-order valence-corrected chi connectivity index (χ0v) is 11.3. The summed E-state index contributed by atoms with van der Waals surface area (Å²) in [4.78, 5) is 24.7. The first kappa shape index (κ1) is 15.2. The number of carbonyl (C=O) groups excluding carboxylic acids is 2. The van der Waals surface area contributed by atoms with Crippen molar-refractivity contribution in [1.82, 2.24) is 5.32 Å².